The SMILES string of the molecule is CCc1ccc(N2C(=O)C(=O)/C(=C(/O)c3cc(C)ccc3C)C2c2ccc(F)cc2)cc1. The van der Waals surface area contributed by atoms with Gasteiger partial charge in [0.25, 0.3) is 11.7 Å². The molecule has 1 heterocycles. The molecule has 0 radical (unpaired) electrons. The van der Waals surface area contributed by atoms with Gasteiger partial charge in [-0.15, -0.1) is 0 Å². The lowest BCUT2D eigenvalue weighted by molar-refractivity contribution is -0.132. The van der Waals surface area contributed by atoms with Gasteiger partial charge in [-0.2, -0.15) is 0 Å². The van der Waals surface area contributed by atoms with E-state index < -0.39 is 23.5 Å². The van der Waals surface area contributed by atoms with Crippen molar-refractivity contribution < 1.29 is 19.1 Å². The first-order valence-electron chi connectivity index (χ1n) is 10.5. The van der Waals surface area contributed by atoms with Crippen molar-refractivity contribution in [3.05, 3.63) is 106 Å². The lowest BCUT2D eigenvalue weighted by Gasteiger charge is -2.25. The molecule has 1 fully saturated rings. The van der Waals surface area contributed by atoms with Crippen molar-refractivity contribution in [3.8, 4) is 0 Å². The molecule has 1 unspecified atom stereocenters. The summed E-state index contributed by atoms with van der Waals surface area (Å²) in [6.07, 6.45) is 0.840. The average molecular weight is 429 g/mol. The fourth-order valence-corrected chi connectivity index (χ4v) is 4.09. The summed E-state index contributed by atoms with van der Waals surface area (Å²) < 4.78 is 13.6. The molecule has 4 nitrogen and oxygen atoms in total. The number of amides is 1. The van der Waals surface area contributed by atoms with E-state index in [0.29, 0.717) is 16.8 Å². The maximum Gasteiger partial charge on any atom is 0.300 e. The summed E-state index contributed by atoms with van der Waals surface area (Å²) in [7, 11) is 0. The summed E-state index contributed by atoms with van der Waals surface area (Å²) in [5.41, 5.74) is 4.37. The third-order valence-electron chi connectivity index (χ3n) is 5.90. The zero-order valence-electron chi connectivity index (χ0n) is 18.2. The number of aliphatic hydroxyl groups excluding tert-OH is 1. The molecule has 0 saturated carbocycles. The largest absolute Gasteiger partial charge is 0.507 e. The number of carbonyl (C=O) groups is 2. The minimum atomic E-state index is -0.872. The number of Topliss-reactive ketones (excluding diaryl/α,β-unsaturated/α-hetero) is 1. The summed E-state index contributed by atoms with van der Waals surface area (Å²) in [6, 6.07) is 17.7. The van der Waals surface area contributed by atoms with Crippen LogP contribution in [0.1, 0.15) is 40.8 Å². The van der Waals surface area contributed by atoms with E-state index in [1.807, 2.05) is 45.0 Å². The second-order valence-electron chi connectivity index (χ2n) is 8.06. The highest BCUT2D eigenvalue weighted by Crippen LogP contribution is 2.42. The van der Waals surface area contributed by atoms with E-state index in [2.05, 4.69) is 0 Å². The van der Waals surface area contributed by atoms with Crippen LogP contribution in [0.2, 0.25) is 0 Å². The van der Waals surface area contributed by atoms with Crippen molar-refractivity contribution in [1.82, 2.24) is 0 Å². The summed E-state index contributed by atoms with van der Waals surface area (Å²) in [5.74, 6) is -2.15. The van der Waals surface area contributed by atoms with E-state index in [-0.39, 0.29) is 11.3 Å². The van der Waals surface area contributed by atoms with Crippen LogP contribution < -0.4 is 4.90 Å². The van der Waals surface area contributed by atoms with Crippen LogP contribution in [0.4, 0.5) is 10.1 Å². The Bertz CT molecular complexity index is 1230. The van der Waals surface area contributed by atoms with Crippen LogP contribution in [0.3, 0.4) is 0 Å². The Morgan fingerprint density at radius 1 is 0.969 bits per heavy atom. The van der Waals surface area contributed by atoms with E-state index in [0.717, 1.165) is 23.1 Å². The molecule has 1 N–H and O–H groups in total. The van der Waals surface area contributed by atoms with Crippen LogP contribution in [0.25, 0.3) is 5.76 Å². The highest BCUT2D eigenvalue weighted by atomic mass is 19.1. The summed E-state index contributed by atoms with van der Waals surface area (Å²) >= 11 is 0. The molecule has 4 rings (SSSR count). The molecule has 1 atom stereocenters. The van der Waals surface area contributed by atoms with Gasteiger partial charge in [-0.3, -0.25) is 14.5 Å². The minimum Gasteiger partial charge on any atom is -0.507 e. The Morgan fingerprint density at radius 2 is 1.62 bits per heavy atom. The van der Waals surface area contributed by atoms with Gasteiger partial charge in [0.1, 0.15) is 11.6 Å². The lowest BCUT2D eigenvalue weighted by atomic mass is 9.93. The van der Waals surface area contributed by atoms with Gasteiger partial charge in [-0.25, -0.2) is 4.39 Å². The Hall–Kier alpha value is -3.73. The van der Waals surface area contributed by atoms with Gasteiger partial charge in [-0.05, 0) is 67.3 Å². The molecule has 0 bridgehead atoms. The minimum absolute atomic E-state index is 0.00474. The average Bonchev–Trinajstić information content (AvgIpc) is 3.06. The van der Waals surface area contributed by atoms with Gasteiger partial charge in [-0.1, -0.05) is 48.9 Å². The number of nitrogens with zero attached hydrogens (tertiary/aromatic N) is 1. The van der Waals surface area contributed by atoms with E-state index >= 15 is 0 Å². The van der Waals surface area contributed by atoms with Crippen LogP contribution >= 0.6 is 0 Å². The molecule has 1 aliphatic heterocycles. The maximum absolute atomic E-state index is 13.6. The number of ketones is 1. The maximum atomic E-state index is 13.6. The number of aliphatic hydroxyl groups is 1. The van der Waals surface area contributed by atoms with Crippen molar-refractivity contribution in [2.75, 3.05) is 4.90 Å². The van der Waals surface area contributed by atoms with E-state index in [1.165, 1.54) is 29.2 Å². The molecule has 32 heavy (non-hydrogen) atoms. The molecular formula is C27H24FNO3. The summed E-state index contributed by atoms with van der Waals surface area (Å²) in [6.45, 7) is 5.76. The number of halogens is 1. The predicted octanol–water partition coefficient (Wildman–Crippen LogP) is 5.63. The molecule has 1 amide bonds. The number of carbonyl (C=O) groups excluding carboxylic acids is 2. The van der Waals surface area contributed by atoms with E-state index in [4.69, 9.17) is 0 Å². The van der Waals surface area contributed by atoms with Crippen molar-refractivity contribution in [1.29, 1.82) is 0 Å². The van der Waals surface area contributed by atoms with Crippen molar-refractivity contribution in [3.63, 3.8) is 0 Å². The molecule has 3 aromatic carbocycles. The number of aryl methyl sites for hydroxylation is 3. The van der Waals surface area contributed by atoms with Crippen LogP contribution in [0, 0.1) is 19.7 Å². The first kappa shape index (κ1) is 21.5. The molecule has 1 aliphatic rings. The predicted molar refractivity (Wildman–Crippen MR) is 123 cm³/mol. The van der Waals surface area contributed by atoms with Crippen molar-refractivity contribution in [2.45, 2.75) is 33.2 Å². The Kier molecular flexibility index (Phi) is 5.66. The van der Waals surface area contributed by atoms with Gasteiger partial charge < -0.3 is 5.11 Å². The van der Waals surface area contributed by atoms with Gasteiger partial charge in [0.05, 0.1) is 11.6 Å². The second kappa shape index (κ2) is 8.42. The first-order valence-corrected chi connectivity index (χ1v) is 10.5. The van der Waals surface area contributed by atoms with Crippen LogP contribution in [0.5, 0.6) is 0 Å². The first-order chi connectivity index (χ1) is 15.3. The van der Waals surface area contributed by atoms with Crippen LogP contribution in [0.15, 0.2) is 72.3 Å². The quantitative estimate of drug-likeness (QED) is 0.332. The van der Waals surface area contributed by atoms with Gasteiger partial charge in [0.2, 0.25) is 0 Å². The third-order valence-corrected chi connectivity index (χ3v) is 5.90. The van der Waals surface area contributed by atoms with E-state index in [9.17, 15) is 19.1 Å². The van der Waals surface area contributed by atoms with Crippen LogP contribution in [-0.4, -0.2) is 16.8 Å². The second-order valence-corrected chi connectivity index (χ2v) is 8.06. The molecule has 0 spiro atoms. The highest BCUT2D eigenvalue weighted by molar-refractivity contribution is 6.51. The number of hydrogen-bond acceptors (Lipinski definition) is 3. The van der Waals surface area contributed by atoms with Gasteiger partial charge in [0.15, 0.2) is 0 Å². The standard InChI is InChI=1S/C27H24FNO3/c1-4-18-7-13-21(14-8-18)29-24(19-9-11-20(28)12-10-19)23(26(31)27(29)32)25(30)22-15-16(2)5-6-17(22)3/h5-15,24,30H,4H2,1-3H3/b25-23+. The highest BCUT2D eigenvalue weighted by Gasteiger charge is 2.47. The summed E-state index contributed by atoms with van der Waals surface area (Å²) in [5, 5.41) is 11.3. The molecule has 0 aromatic heterocycles. The van der Waals surface area contributed by atoms with Crippen molar-refractivity contribution in [2.24, 2.45) is 0 Å². The normalized spacial score (nSPS) is 17.8. The number of rotatable bonds is 4. The fourth-order valence-electron chi connectivity index (χ4n) is 4.09. The van der Waals surface area contributed by atoms with Gasteiger partial charge >= 0.3 is 0 Å². The van der Waals surface area contributed by atoms with Crippen molar-refractivity contribution >= 4 is 23.1 Å². The van der Waals surface area contributed by atoms with Crippen LogP contribution in [-0.2, 0) is 16.0 Å². The molecular weight excluding hydrogens is 405 g/mol. The number of benzene rings is 3. The Labute approximate surface area is 186 Å². The molecule has 162 valence electrons. The topological polar surface area (TPSA) is 57.6 Å². The number of anilines is 1. The Morgan fingerprint density at radius 3 is 2.25 bits per heavy atom. The molecule has 0 aliphatic carbocycles. The molecule has 1 saturated heterocycles. The smallest absolute Gasteiger partial charge is 0.300 e. The number of hydrogen-bond donors (Lipinski definition) is 1. The van der Waals surface area contributed by atoms with Gasteiger partial charge in [0, 0.05) is 11.3 Å². The molecule has 5 heteroatoms. The summed E-state index contributed by atoms with van der Waals surface area (Å²) in [4.78, 5) is 27.7. The van der Waals surface area contributed by atoms with E-state index in [1.54, 1.807) is 18.2 Å². The zero-order chi connectivity index (χ0) is 23.0. The lowest BCUT2D eigenvalue weighted by Crippen LogP contribution is -2.29. The Balaban J connectivity index is 1.95. The fraction of sp³-hybridized carbons (Fsp3) is 0.185. The monoisotopic (exact) mass is 429 g/mol. The molecule has 3 aromatic rings. The zero-order valence-corrected chi connectivity index (χ0v) is 18.2. The third kappa shape index (κ3) is 3.71.